The molecule has 1 aromatic heterocycles. The van der Waals surface area contributed by atoms with Crippen LogP contribution in [0.2, 0.25) is 0 Å². The SMILES string of the molecule is CCOc1ccccc1/C=C(\CC(=O)O)c1nc(-c2ccc(OC)c(OC)c2)no1. The van der Waals surface area contributed by atoms with Gasteiger partial charge in [-0.25, -0.2) is 0 Å². The number of ether oxygens (including phenoxy) is 3. The lowest BCUT2D eigenvalue weighted by molar-refractivity contribution is -0.135. The normalized spacial score (nSPS) is 11.2. The molecule has 0 spiro atoms. The largest absolute Gasteiger partial charge is 0.493 e. The van der Waals surface area contributed by atoms with Gasteiger partial charge in [0, 0.05) is 16.7 Å². The fraction of sp³-hybridized carbons (Fsp3) is 0.227. The molecule has 0 saturated carbocycles. The van der Waals surface area contributed by atoms with Gasteiger partial charge in [0.15, 0.2) is 11.5 Å². The standard InChI is InChI=1S/C22H22N2O6/c1-4-29-17-8-6-5-7-14(17)11-16(13-20(25)26)22-23-21(24-30-22)15-9-10-18(27-2)19(12-15)28-3/h5-12H,4,13H2,1-3H3,(H,25,26)/b16-11+. The zero-order valence-corrected chi connectivity index (χ0v) is 16.9. The van der Waals surface area contributed by atoms with Crippen molar-refractivity contribution in [2.45, 2.75) is 13.3 Å². The van der Waals surface area contributed by atoms with Crippen LogP contribution in [0.3, 0.4) is 0 Å². The summed E-state index contributed by atoms with van der Waals surface area (Å²) in [5.74, 6) is 1.15. The lowest BCUT2D eigenvalue weighted by Gasteiger charge is -2.08. The molecule has 0 aliphatic carbocycles. The molecule has 0 unspecified atom stereocenters. The monoisotopic (exact) mass is 410 g/mol. The van der Waals surface area contributed by atoms with Crippen molar-refractivity contribution >= 4 is 17.6 Å². The molecule has 0 atom stereocenters. The summed E-state index contributed by atoms with van der Waals surface area (Å²) >= 11 is 0. The molecule has 0 amide bonds. The molecule has 0 saturated heterocycles. The first-order valence-corrected chi connectivity index (χ1v) is 9.26. The van der Waals surface area contributed by atoms with Crippen molar-refractivity contribution in [3.05, 3.63) is 53.9 Å². The fourth-order valence-corrected chi connectivity index (χ4v) is 2.87. The van der Waals surface area contributed by atoms with Gasteiger partial charge in [-0.3, -0.25) is 4.79 Å². The molecule has 1 heterocycles. The lowest BCUT2D eigenvalue weighted by Crippen LogP contribution is -1.99. The van der Waals surface area contributed by atoms with Crippen molar-refractivity contribution in [2.24, 2.45) is 0 Å². The maximum Gasteiger partial charge on any atom is 0.308 e. The Bertz CT molecular complexity index is 1060. The lowest BCUT2D eigenvalue weighted by atomic mass is 10.1. The van der Waals surface area contributed by atoms with E-state index < -0.39 is 5.97 Å². The van der Waals surface area contributed by atoms with E-state index in [-0.39, 0.29) is 12.3 Å². The predicted molar refractivity (Wildman–Crippen MR) is 111 cm³/mol. The fourth-order valence-electron chi connectivity index (χ4n) is 2.87. The molecule has 0 bridgehead atoms. The molecular formula is C22H22N2O6. The number of aromatic nitrogens is 2. The van der Waals surface area contributed by atoms with Gasteiger partial charge in [0.1, 0.15) is 5.75 Å². The Labute approximate surface area is 173 Å². The third-order valence-corrected chi connectivity index (χ3v) is 4.23. The summed E-state index contributed by atoms with van der Waals surface area (Å²) in [6.07, 6.45) is 1.40. The Morgan fingerprint density at radius 2 is 1.87 bits per heavy atom. The van der Waals surface area contributed by atoms with Crippen molar-refractivity contribution in [3.8, 4) is 28.6 Å². The zero-order valence-electron chi connectivity index (χ0n) is 16.9. The number of hydrogen-bond donors (Lipinski definition) is 1. The van der Waals surface area contributed by atoms with E-state index in [1.165, 1.54) is 7.11 Å². The topological polar surface area (TPSA) is 104 Å². The Morgan fingerprint density at radius 3 is 2.57 bits per heavy atom. The van der Waals surface area contributed by atoms with E-state index in [1.54, 1.807) is 31.4 Å². The van der Waals surface area contributed by atoms with E-state index in [0.717, 1.165) is 5.56 Å². The molecule has 0 aliphatic heterocycles. The highest BCUT2D eigenvalue weighted by atomic mass is 16.5. The maximum absolute atomic E-state index is 11.4. The number of carboxylic acid groups (broad SMARTS) is 1. The molecule has 0 fully saturated rings. The number of hydrogen-bond acceptors (Lipinski definition) is 7. The number of carbonyl (C=O) groups is 1. The van der Waals surface area contributed by atoms with E-state index >= 15 is 0 Å². The number of aliphatic carboxylic acids is 1. The number of nitrogens with zero attached hydrogens (tertiary/aromatic N) is 2. The van der Waals surface area contributed by atoms with Gasteiger partial charge in [-0.2, -0.15) is 4.98 Å². The highest BCUT2D eigenvalue weighted by Crippen LogP contribution is 2.32. The molecule has 8 nitrogen and oxygen atoms in total. The molecule has 30 heavy (non-hydrogen) atoms. The van der Waals surface area contributed by atoms with Gasteiger partial charge in [-0.1, -0.05) is 23.4 Å². The second-order valence-corrected chi connectivity index (χ2v) is 6.20. The molecule has 0 aliphatic rings. The Balaban J connectivity index is 2.00. The van der Waals surface area contributed by atoms with E-state index in [0.29, 0.717) is 40.8 Å². The summed E-state index contributed by atoms with van der Waals surface area (Å²) in [4.78, 5) is 15.8. The highest BCUT2D eigenvalue weighted by Gasteiger charge is 2.18. The van der Waals surface area contributed by atoms with Crippen LogP contribution in [0, 0.1) is 0 Å². The van der Waals surface area contributed by atoms with Crippen molar-refractivity contribution in [1.82, 2.24) is 10.1 Å². The summed E-state index contributed by atoms with van der Waals surface area (Å²) in [6, 6.07) is 12.6. The predicted octanol–water partition coefficient (Wildman–Crippen LogP) is 4.17. The van der Waals surface area contributed by atoms with Gasteiger partial charge < -0.3 is 23.8 Å². The first kappa shape index (κ1) is 20.9. The third kappa shape index (κ3) is 4.78. The third-order valence-electron chi connectivity index (χ3n) is 4.23. The second kappa shape index (κ2) is 9.60. The van der Waals surface area contributed by atoms with Crippen LogP contribution >= 0.6 is 0 Å². The van der Waals surface area contributed by atoms with Crippen LogP contribution in [0.15, 0.2) is 47.0 Å². The molecule has 3 rings (SSSR count). The van der Waals surface area contributed by atoms with Crippen molar-refractivity contribution in [2.75, 3.05) is 20.8 Å². The Morgan fingerprint density at radius 1 is 1.10 bits per heavy atom. The number of carboxylic acids is 1. The van der Waals surface area contributed by atoms with Crippen LogP contribution in [-0.2, 0) is 4.79 Å². The minimum atomic E-state index is -1.01. The van der Waals surface area contributed by atoms with Crippen LogP contribution in [0.1, 0.15) is 24.8 Å². The second-order valence-electron chi connectivity index (χ2n) is 6.20. The van der Waals surface area contributed by atoms with E-state index in [9.17, 15) is 9.90 Å². The van der Waals surface area contributed by atoms with Crippen LogP contribution in [0.4, 0.5) is 0 Å². The molecule has 1 N–H and O–H groups in total. The van der Waals surface area contributed by atoms with Crippen molar-refractivity contribution < 1.29 is 28.6 Å². The number of rotatable bonds is 9. The molecule has 0 radical (unpaired) electrons. The summed E-state index contributed by atoms with van der Waals surface area (Å²) in [5, 5.41) is 13.4. The Kier molecular flexibility index (Phi) is 6.69. The first-order chi connectivity index (χ1) is 14.5. The number of benzene rings is 2. The smallest absolute Gasteiger partial charge is 0.308 e. The molecular weight excluding hydrogens is 388 g/mol. The molecule has 8 heteroatoms. The highest BCUT2D eigenvalue weighted by molar-refractivity contribution is 5.90. The summed E-state index contributed by atoms with van der Waals surface area (Å²) < 4.78 is 21.5. The van der Waals surface area contributed by atoms with Crippen LogP contribution in [-0.4, -0.2) is 42.0 Å². The minimum Gasteiger partial charge on any atom is -0.493 e. The molecule has 2 aromatic carbocycles. The van der Waals surface area contributed by atoms with Gasteiger partial charge in [-0.05, 0) is 37.3 Å². The first-order valence-electron chi connectivity index (χ1n) is 9.26. The summed E-state index contributed by atoms with van der Waals surface area (Å²) in [7, 11) is 3.08. The van der Waals surface area contributed by atoms with E-state index in [4.69, 9.17) is 18.7 Å². The van der Waals surface area contributed by atoms with Gasteiger partial charge in [-0.15, -0.1) is 0 Å². The molecule has 156 valence electrons. The van der Waals surface area contributed by atoms with Gasteiger partial charge in [0.2, 0.25) is 5.82 Å². The summed E-state index contributed by atoms with van der Waals surface area (Å²) in [6.45, 7) is 2.37. The van der Waals surface area contributed by atoms with Crippen LogP contribution < -0.4 is 14.2 Å². The number of para-hydroxylation sites is 1. The average molecular weight is 410 g/mol. The van der Waals surface area contributed by atoms with E-state index in [1.807, 2.05) is 31.2 Å². The zero-order chi connectivity index (χ0) is 21.5. The van der Waals surface area contributed by atoms with Crippen LogP contribution in [0.25, 0.3) is 23.0 Å². The van der Waals surface area contributed by atoms with Crippen molar-refractivity contribution in [1.29, 1.82) is 0 Å². The summed E-state index contributed by atoms with van der Waals surface area (Å²) in [5.41, 5.74) is 1.74. The number of methoxy groups -OCH3 is 2. The van der Waals surface area contributed by atoms with Gasteiger partial charge >= 0.3 is 5.97 Å². The average Bonchev–Trinajstić information content (AvgIpc) is 3.24. The van der Waals surface area contributed by atoms with Gasteiger partial charge in [0.05, 0.1) is 27.2 Å². The van der Waals surface area contributed by atoms with Crippen LogP contribution in [0.5, 0.6) is 17.2 Å². The van der Waals surface area contributed by atoms with Crippen molar-refractivity contribution in [3.63, 3.8) is 0 Å². The minimum absolute atomic E-state index is 0.119. The van der Waals surface area contributed by atoms with E-state index in [2.05, 4.69) is 10.1 Å². The Hall–Kier alpha value is -3.81. The maximum atomic E-state index is 11.4. The quantitative estimate of drug-likeness (QED) is 0.561. The molecule has 3 aromatic rings. The van der Waals surface area contributed by atoms with Gasteiger partial charge in [0.25, 0.3) is 5.89 Å².